The van der Waals surface area contributed by atoms with Gasteiger partial charge in [-0.1, -0.05) is 18.2 Å². The van der Waals surface area contributed by atoms with E-state index in [-0.39, 0.29) is 5.69 Å². The second-order valence-corrected chi connectivity index (χ2v) is 5.52. The fraction of sp³-hybridized carbons (Fsp3) is 0.357. The van der Waals surface area contributed by atoms with Crippen molar-refractivity contribution in [1.29, 1.82) is 0 Å². The van der Waals surface area contributed by atoms with Crippen LogP contribution in [0.15, 0.2) is 18.2 Å². The van der Waals surface area contributed by atoms with Crippen molar-refractivity contribution in [2.24, 2.45) is 0 Å². The number of para-hydroxylation sites is 1. The van der Waals surface area contributed by atoms with Gasteiger partial charge in [0.2, 0.25) is 0 Å². The van der Waals surface area contributed by atoms with Gasteiger partial charge in [-0.15, -0.1) is 0 Å². The first-order valence-electron chi connectivity index (χ1n) is 6.15. The monoisotopic (exact) mass is 276 g/mol. The van der Waals surface area contributed by atoms with Gasteiger partial charge in [0.25, 0.3) is 0 Å². The van der Waals surface area contributed by atoms with Crippen LogP contribution in [-0.4, -0.2) is 32.6 Å². The van der Waals surface area contributed by atoms with Gasteiger partial charge in [0.1, 0.15) is 5.60 Å². The third kappa shape index (κ3) is 2.49. The summed E-state index contributed by atoms with van der Waals surface area (Å²) in [7, 11) is 0. The van der Waals surface area contributed by atoms with E-state index in [1.54, 1.807) is 45.9 Å². The van der Waals surface area contributed by atoms with Crippen LogP contribution in [0.25, 0.3) is 10.9 Å². The molecular weight excluding hydrogens is 260 g/mol. The van der Waals surface area contributed by atoms with Gasteiger partial charge in [0.05, 0.1) is 5.52 Å². The van der Waals surface area contributed by atoms with Crippen LogP contribution in [0, 0.1) is 6.92 Å². The number of hydrogen-bond donors (Lipinski definition) is 1. The minimum Gasteiger partial charge on any atom is -0.476 e. The van der Waals surface area contributed by atoms with Crippen LogP contribution < -0.4 is 0 Å². The molecular formula is C14H16N2O4. The predicted octanol–water partition coefficient (Wildman–Crippen LogP) is 2.83. The van der Waals surface area contributed by atoms with Gasteiger partial charge in [-0.3, -0.25) is 0 Å². The van der Waals surface area contributed by atoms with Gasteiger partial charge in [0.15, 0.2) is 5.69 Å². The van der Waals surface area contributed by atoms with Crippen LogP contribution in [-0.2, 0) is 4.74 Å². The molecule has 2 rings (SSSR count). The van der Waals surface area contributed by atoms with E-state index in [1.807, 2.05) is 0 Å². The van der Waals surface area contributed by atoms with Gasteiger partial charge in [-0.2, -0.15) is 9.78 Å². The highest BCUT2D eigenvalue weighted by Gasteiger charge is 2.24. The summed E-state index contributed by atoms with van der Waals surface area (Å²) in [5, 5.41) is 13.5. The summed E-state index contributed by atoms with van der Waals surface area (Å²) in [5.74, 6) is -1.18. The van der Waals surface area contributed by atoms with Crippen LogP contribution in [0.5, 0.6) is 0 Å². The number of rotatable bonds is 1. The van der Waals surface area contributed by atoms with E-state index in [0.717, 1.165) is 10.2 Å². The molecule has 2 aromatic rings. The Bertz CT molecular complexity index is 695. The SMILES string of the molecule is Cc1cccc2c(C(=O)O)nn(C(=O)OC(C)(C)C)c12. The van der Waals surface area contributed by atoms with E-state index in [0.29, 0.717) is 10.9 Å². The largest absolute Gasteiger partial charge is 0.476 e. The fourth-order valence-electron chi connectivity index (χ4n) is 1.93. The zero-order valence-electron chi connectivity index (χ0n) is 11.8. The average molecular weight is 276 g/mol. The van der Waals surface area contributed by atoms with Crippen LogP contribution in [0.3, 0.4) is 0 Å². The molecule has 0 radical (unpaired) electrons. The number of carboxylic acid groups (broad SMARTS) is 1. The van der Waals surface area contributed by atoms with Gasteiger partial charge in [-0.25, -0.2) is 9.59 Å². The zero-order chi connectivity index (χ0) is 15.1. The number of fused-ring (bicyclic) bond motifs is 1. The first kappa shape index (κ1) is 14.0. The summed E-state index contributed by atoms with van der Waals surface area (Å²) in [6.07, 6.45) is -0.690. The minimum absolute atomic E-state index is 0.158. The van der Waals surface area contributed by atoms with E-state index >= 15 is 0 Å². The Labute approximate surface area is 116 Å². The van der Waals surface area contributed by atoms with Gasteiger partial charge >= 0.3 is 12.1 Å². The molecule has 0 aliphatic rings. The summed E-state index contributed by atoms with van der Waals surface area (Å²) >= 11 is 0. The number of carboxylic acids is 1. The third-order valence-electron chi connectivity index (χ3n) is 2.67. The molecule has 0 amide bonds. The van der Waals surface area contributed by atoms with Gasteiger partial charge < -0.3 is 9.84 Å². The van der Waals surface area contributed by atoms with Crippen molar-refractivity contribution in [3.8, 4) is 0 Å². The lowest BCUT2D eigenvalue weighted by atomic mass is 10.1. The first-order chi connectivity index (χ1) is 9.20. The number of aromatic nitrogens is 2. The number of aryl methyl sites for hydroxylation is 1. The molecule has 6 nitrogen and oxygen atoms in total. The van der Waals surface area contributed by atoms with Crippen molar-refractivity contribution in [3.63, 3.8) is 0 Å². The summed E-state index contributed by atoms with van der Waals surface area (Å²) in [6, 6.07) is 5.14. The van der Waals surface area contributed by atoms with Crippen molar-refractivity contribution < 1.29 is 19.4 Å². The summed E-state index contributed by atoms with van der Waals surface area (Å²) in [5.41, 5.74) is 0.378. The van der Waals surface area contributed by atoms with Crippen LogP contribution in [0.1, 0.15) is 36.8 Å². The quantitative estimate of drug-likeness (QED) is 0.866. The molecule has 1 N–H and O–H groups in total. The molecule has 0 fully saturated rings. The third-order valence-corrected chi connectivity index (χ3v) is 2.67. The van der Waals surface area contributed by atoms with E-state index in [2.05, 4.69) is 5.10 Å². The molecule has 0 spiro atoms. The molecule has 20 heavy (non-hydrogen) atoms. The Morgan fingerprint density at radius 3 is 2.50 bits per heavy atom. The molecule has 0 aliphatic heterocycles. The average Bonchev–Trinajstić information content (AvgIpc) is 2.67. The van der Waals surface area contributed by atoms with E-state index in [1.165, 1.54) is 0 Å². The normalized spacial score (nSPS) is 11.6. The smallest absolute Gasteiger partial charge is 0.435 e. The molecule has 0 saturated carbocycles. The maximum atomic E-state index is 12.1. The number of benzene rings is 1. The topological polar surface area (TPSA) is 81.4 Å². The van der Waals surface area contributed by atoms with Crippen molar-refractivity contribution in [2.45, 2.75) is 33.3 Å². The van der Waals surface area contributed by atoms with Crippen LogP contribution in [0.4, 0.5) is 4.79 Å². The Hall–Kier alpha value is -2.37. The lowest BCUT2D eigenvalue weighted by Gasteiger charge is -2.19. The van der Waals surface area contributed by atoms with Gasteiger partial charge in [0, 0.05) is 5.39 Å². The molecule has 0 bridgehead atoms. The predicted molar refractivity (Wildman–Crippen MR) is 73.1 cm³/mol. The lowest BCUT2D eigenvalue weighted by Crippen LogP contribution is -2.28. The number of carbonyl (C=O) groups is 2. The lowest BCUT2D eigenvalue weighted by molar-refractivity contribution is 0.0521. The minimum atomic E-state index is -1.18. The molecule has 106 valence electrons. The molecule has 1 heterocycles. The highest BCUT2D eigenvalue weighted by molar-refractivity contribution is 6.04. The van der Waals surface area contributed by atoms with E-state index in [9.17, 15) is 14.7 Å². The maximum Gasteiger partial charge on any atom is 0.435 e. The first-order valence-corrected chi connectivity index (χ1v) is 6.15. The zero-order valence-corrected chi connectivity index (χ0v) is 11.8. The Morgan fingerprint density at radius 2 is 1.95 bits per heavy atom. The molecule has 0 saturated heterocycles. The Morgan fingerprint density at radius 1 is 1.30 bits per heavy atom. The molecule has 0 aliphatic carbocycles. The van der Waals surface area contributed by atoms with Crippen molar-refractivity contribution in [2.75, 3.05) is 0 Å². The molecule has 0 unspecified atom stereocenters. The van der Waals surface area contributed by atoms with Crippen molar-refractivity contribution in [3.05, 3.63) is 29.5 Å². The number of aromatic carboxylic acids is 1. The summed E-state index contributed by atoms with van der Waals surface area (Å²) < 4.78 is 6.26. The second-order valence-electron chi connectivity index (χ2n) is 5.52. The number of carbonyl (C=O) groups excluding carboxylic acids is 1. The molecule has 1 aromatic carbocycles. The van der Waals surface area contributed by atoms with Crippen molar-refractivity contribution >= 4 is 23.0 Å². The van der Waals surface area contributed by atoms with Crippen molar-refractivity contribution in [1.82, 2.24) is 9.78 Å². The number of ether oxygens (including phenoxy) is 1. The summed E-state index contributed by atoms with van der Waals surface area (Å²) in [4.78, 5) is 23.4. The Kier molecular flexibility index (Phi) is 3.25. The van der Waals surface area contributed by atoms with E-state index in [4.69, 9.17) is 4.74 Å². The fourth-order valence-corrected chi connectivity index (χ4v) is 1.93. The second kappa shape index (κ2) is 4.63. The summed E-state index contributed by atoms with van der Waals surface area (Å²) in [6.45, 7) is 7.00. The van der Waals surface area contributed by atoms with E-state index < -0.39 is 17.7 Å². The molecule has 1 aromatic heterocycles. The standard InChI is InChI=1S/C14H16N2O4/c1-8-6-5-7-9-10(12(17)18)15-16(11(8)9)13(19)20-14(2,3)4/h5-7H,1-4H3,(H,17,18). The van der Waals surface area contributed by atoms with Crippen LogP contribution >= 0.6 is 0 Å². The maximum absolute atomic E-state index is 12.1. The molecule has 6 heteroatoms. The van der Waals surface area contributed by atoms with Gasteiger partial charge in [-0.05, 0) is 33.3 Å². The molecule has 0 atom stereocenters. The highest BCUT2D eigenvalue weighted by Crippen LogP contribution is 2.23. The number of nitrogens with zero attached hydrogens (tertiary/aromatic N) is 2. The van der Waals surface area contributed by atoms with Crippen LogP contribution in [0.2, 0.25) is 0 Å². The Balaban J connectivity index is 2.65. The highest BCUT2D eigenvalue weighted by atomic mass is 16.6. The number of hydrogen-bond acceptors (Lipinski definition) is 4.